The number of ether oxygens (including phenoxy) is 1. The lowest BCUT2D eigenvalue weighted by Crippen LogP contribution is -2.05. The number of hydrogen-bond donors (Lipinski definition) is 1. The predicted octanol–water partition coefficient (Wildman–Crippen LogP) is 2.59. The molecule has 0 atom stereocenters. The summed E-state index contributed by atoms with van der Waals surface area (Å²) in [6.45, 7) is 1.48. The lowest BCUT2D eigenvalue weighted by Gasteiger charge is -2.04. The molecule has 6 heteroatoms. The summed E-state index contributed by atoms with van der Waals surface area (Å²) in [7, 11) is 1.57. The minimum absolute atomic E-state index is 0.0865. The van der Waals surface area contributed by atoms with Crippen LogP contribution in [0.4, 0.5) is 5.69 Å². The van der Waals surface area contributed by atoms with Gasteiger partial charge in [-0.3, -0.25) is 4.79 Å². The highest BCUT2D eigenvalue weighted by atomic mass is 32.2. The van der Waals surface area contributed by atoms with Crippen molar-refractivity contribution in [3.63, 3.8) is 0 Å². The summed E-state index contributed by atoms with van der Waals surface area (Å²) in [5.41, 5.74) is 0.767. The Labute approximate surface area is 115 Å². The Balaban J connectivity index is 2.08. The molecule has 0 fully saturated rings. The number of nitrogens with one attached hydrogen (secondary N) is 1. The van der Waals surface area contributed by atoms with Gasteiger partial charge in [-0.25, -0.2) is 4.98 Å². The quantitative estimate of drug-likeness (QED) is 0.869. The zero-order chi connectivity index (χ0) is 13.7. The number of benzene rings is 1. The molecule has 1 aromatic carbocycles. The summed E-state index contributed by atoms with van der Waals surface area (Å²) in [6.07, 6.45) is 1.65. The third kappa shape index (κ3) is 3.96. The molecule has 1 N–H and O–H groups in total. The Hall–Kier alpha value is -2.08. The first kappa shape index (κ1) is 13.4. The largest absolute Gasteiger partial charge is 0.481 e. The van der Waals surface area contributed by atoms with E-state index in [4.69, 9.17) is 4.74 Å². The normalized spacial score (nSPS) is 10.0. The van der Waals surface area contributed by atoms with Gasteiger partial charge in [0.15, 0.2) is 5.16 Å². The average molecular weight is 275 g/mol. The van der Waals surface area contributed by atoms with Gasteiger partial charge in [0.2, 0.25) is 11.8 Å². The van der Waals surface area contributed by atoms with Crippen LogP contribution >= 0.6 is 11.8 Å². The minimum atomic E-state index is -0.0865. The van der Waals surface area contributed by atoms with E-state index >= 15 is 0 Å². The van der Waals surface area contributed by atoms with Gasteiger partial charge in [-0.1, -0.05) is 0 Å². The summed E-state index contributed by atoms with van der Waals surface area (Å²) < 4.78 is 5.04. The first-order valence-electron chi connectivity index (χ1n) is 5.60. The fourth-order valence-electron chi connectivity index (χ4n) is 1.40. The monoisotopic (exact) mass is 275 g/mol. The molecule has 0 saturated carbocycles. The van der Waals surface area contributed by atoms with Gasteiger partial charge in [-0.2, -0.15) is 4.98 Å². The fourth-order valence-corrected chi connectivity index (χ4v) is 2.14. The van der Waals surface area contributed by atoms with E-state index in [1.54, 1.807) is 19.4 Å². The van der Waals surface area contributed by atoms with Crippen molar-refractivity contribution in [2.24, 2.45) is 0 Å². The molecule has 0 spiro atoms. The third-order valence-corrected chi connectivity index (χ3v) is 3.09. The van der Waals surface area contributed by atoms with Crippen LogP contribution in [0.25, 0.3) is 0 Å². The second kappa shape index (κ2) is 6.19. The Morgan fingerprint density at radius 3 is 2.63 bits per heavy atom. The van der Waals surface area contributed by atoms with E-state index < -0.39 is 0 Å². The van der Waals surface area contributed by atoms with Crippen LogP contribution in [0.2, 0.25) is 0 Å². The zero-order valence-electron chi connectivity index (χ0n) is 10.6. The van der Waals surface area contributed by atoms with E-state index in [0.717, 1.165) is 10.6 Å². The van der Waals surface area contributed by atoms with Gasteiger partial charge in [-0.15, -0.1) is 0 Å². The molecule has 0 aliphatic heterocycles. The van der Waals surface area contributed by atoms with Gasteiger partial charge in [-0.05, 0) is 36.0 Å². The van der Waals surface area contributed by atoms with Crippen LogP contribution in [0.5, 0.6) is 5.88 Å². The molecule has 2 rings (SSSR count). The molecule has 2 aromatic rings. The number of rotatable bonds is 4. The Kier molecular flexibility index (Phi) is 4.35. The van der Waals surface area contributed by atoms with E-state index in [-0.39, 0.29) is 5.91 Å². The summed E-state index contributed by atoms with van der Waals surface area (Å²) in [5, 5.41) is 3.33. The Morgan fingerprint density at radius 1 is 1.26 bits per heavy atom. The number of anilines is 1. The molecule has 1 aromatic heterocycles. The maximum absolute atomic E-state index is 10.9. The second-order valence-corrected chi connectivity index (χ2v) is 4.73. The number of methoxy groups -OCH3 is 1. The summed E-state index contributed by atoms with van der Waals surface area (Å²) in [4.78, 5) is 20.3. The molecule has 0 aliphatic rings. The maximum Gasteiger partial charge on any atom is 0.221 e. The van der Waals surface area contributed by atoms with Crippen molar-refractivity contribution < 1.29 is 9.53 Å². The van der Waals surface area contributed by atoms with E-state index in [1.165, 1.54) is 18.7 Å². The van der Waals surface area contributed by atoms with Gasteiger partial charge in [0.25, 0.3) is 0 Å². The molecule has 1 heterocycles. The molecule has 0 radical (unpaired) electrons. The van der Waals surface area contributed by atoms with Crippen molar-refractivity contribution in [1.29, 1.82) is 0 Å². The molecular weight excluding hydrogens is 262 g/mol. The summed E-state index contributed by atoms with van der Waals surface area (Å²) >= 11 is 1.43. The fraction of sp³-hybridized carbons (Fsp3) is 0.154. The van der Waals surface area contributed by atoms with Crippen LogP contribution in [0.3, 0.4) is 0 Å². The van der Waals surface area contributed by atoms with Crippen LogP contribution < -0.4 is 10.1 Å². The minimum Gasteiger partial charge on any atom is -0.481 e. The van der Waals surface area contributed by atoms with Crippen molar-refractivity contribution in [3.8, 4) is 5.88 Å². The number of carbonyl (C=O) groups is 1. The molecule has 0 bridgehead atoms. The third-order valence-electron chi connectivity index (χ3n) is 2.20. The highest BCUT2D eigenvalue weighted by Gasteiger charge is 2.03. The summed E-state index contributed by atoms with van der Waals surface area (Å²) in [6, 6.07) is 9.18. The lowest BCUT2D eigenvalue weighted by atomic mass is 10.3. The predicted molar refractivity (Wildman–Crippen MR) is 73.5 cm³/mol. The lowest BCUT2D eigenvalue weighted by molar-refractivity contribution is -0.114. The Bertz CT molecular complexity index is 572. The Morgan fingerprint density at radius 2 is 2.00 bits per heavy atom. The summed E-state index contributed by atoms with van der Waals surface area (Å²) in [5.74, 6) is 0.448. The van der Waals surface area contributed by atoms with Crippen LogP contribution in [0.15, 0.2) is 46.6 Å². The highest BCUT2D eigenvalue weighted by Crippen LogP contribution is 2.26. The van der Waals surface area contributed by atoms with E-state index in [0.29, 0.717) is 11.0 Å². The number of nitrogens with zero attached hydrogens (tertiary/aromatic N) is 2. The van der Waals surface area contributed by atoms with Gasteiger partial charge in [0.1, 0.15) is 0 Å². The second-order valence-electron chi connectivity index (χ2n) is 3.69. The van der Waals surface area contributed by atoms with Crippen molar-refractivity contribution in [1.82, 2.24) is 9.97 Å². The number of aromatic nitrogens is 2. The van der Waals surface area contributed by atoms with Crippen LogP contribution in [0, 0.1) is 0 Å². The first-order valence-corrected chi connectivity index (χ1v) is 6.41. The van der Waals surface area contributed by atoms with Gasteiger partial charge in [0.05, 0.1) is 7.11 Å². The van der Waals surface area contributed by atoms with Crippen molar-refractivity contribution >= 4 is 23.4 Å². The smallest absolute Gasteiger partial charge is 0.221 e. The first-order chi connectivity index (χ1) is 9.17. The van der Waals surface area contributed by atoms with Crippen molar-refractivity contribution in [2.75, 3.05) is 12.4 Å². The standard InChI is InChI=1S/C13H13N3O2S/c1-9(17)15-10-3-5-11(6-4-10)19-13-14-8-7-12(16-13)18-2/h3-8H,1-2H3,(H,15,17). The zero-order valence-corrected chi connectivity index (χ0v) is 11.4. The van der Waals surface area contributed by atoms with Crippen molar-refractivity contribution in [2.45, 2.75) is 17.0 Å². The average Bonchev–Trinajstić information content (AvgIpc) is 2.41. The molecule has 98 valence electrons. The van der Waals surface area contributed by atoms with Crippen molar-refractivity contribution in [3.05, 3.63) is 36.5 Å². The number of carbonyl (C=O) groups excluding carboxylic acids is 1. The number of hydrogen-bond acceptors (Lipinski definition) is 5. The SMILES string of the molecule is COc1ccnc(Sc2ccc(NC(C)=O)cc2)n1. The van der Waals surface area contributed by atoms with Crippen LogP contribution in [-0.4, -0.2) is 23.0 Å². The van der Waals surface area contributed by atoms with Gasteiger partial charge < -0.3 is 10.1 Å². The van der Waals surface area contributed by atoms with Gasteiger partial charge in [0, 0.05) is 29.8 Å². The molecule has 0 saturated heterocycles. The van der Waals surface area contributed by atoms with Gasteiger partial charge >= 0.3 is 0 Å². The highest BCUT2D eigenvalue weighted by molar-refractivity contribution is 7.99. The molecule has 1 amide bonds. The molecule has 5 nitrogen and oxygen atoms in total. The molecule has 0 aliphatic carbocycles. The van der Waals surface area contributed by atoms with Crippen LogP contribution in [-0.2, 0) is 4.79 Å². The van der Waals surface area contributed by atoms with E-state index in [9.17, 15) is 4.79 Å². The maximum atomic E-state index is 10.9. The van der Waals surface area contributed by atoms with Crippen LogP contribution in [0.1, 0.15) is 6.92 Å². The van der Waals surface area contributed by atoms with E-state index in [2.05, 4.69) is 15.3 Å². The number of amides is 1. The molecule has 19 heavy (non-hydrogen) atoms. The molecular formula is C13H13N3O2S. The molecule has 0 unspecified atom stereocenters. The topological polar surface area (TPSA) is 64.1 Å². The van der Waals surface area contributed by atoms with E-state index in [1.807, 2.05) is 24.3 Å².